The van der Waals surface area contributed by atoms with Crippen LogP contribution in [0.15, 0.2) is 30.9 Å². The summed E-state index contributed by atoms with van der Waals surface area (Å²) >= 11 is 1.62. The number of aliphatic hydroxyl groups excluding tert-OH is 1. The highest BCUT2D eigenvalue weighted by molar-refractivity contribution is 8.02. The Morgan fingerprint density at radius 2 is 2.00 bits per heavy atom. The molecule has 3 fully saturated rings. The van der Waals surface area contributed by atoms with E-state index in [0.29, 0.717) is 13.0 Å². The van der Waals surface area contributed by atoms with E-state index in [1.54, 1.807) is 34.6 Å². The van der Waals surface area contributed by atoms with E-state index < -0.39 is 28.7 Å². The molecule has 196 valence electrons. The molecule has 0 radical (unpaired) electrons. The van der Waals surface area contributed by atoms with Gasteiger partial charge < -0.3 is 19.6 Å². The van der Waals surface area contributed by atoms with Crippen molar-refractivity contribution in [2.75, 3.05) is 24.7 Å². The zero-order valence-corrected chi connectivity index (χ0v) is 22.7. The Hall–Kier alpha value is -2.32. The summed E-state index contributed by atoms with van der Waals surface area (Å²) in [6, 6.07) is 4.61. The minimum absolute atomic E-state index is 0.0471. The Bertz CT molecular complexity index is 1040. The summed E-state index contributed by atoms with van der Waals surface area (Å²) < 4.78 is 4.66. The summed E-state index contributed by atoms with van der Waals surface area (Å²) in [7, 11) is 0. The van der Waals surface area contributed by atoms with Crippen molar-refractivity contribution >= 4 is 35.2 Å². The minimum atomic E-state index is -0.796. The molecule has 1 spiro atoms. The molecule has 3 aliphatic rings. The largest absolute Gasteiger partial charge is 0.466 e. The molecule has 3 aliphatic heterocycles. The van der Waals surface area contributed by atoms with Crippen LogP contribution in [0.3, 0.4) is 0 Å². The maximum absolute atomic E-state index is 14.7. The zero-order chi connectivity index (χ0) is 26.4. The number of hydrogen-bond donors (Lipinski definition) is 1. The van der Waals surface area contributed by atoms with Gasteiger partial charge in [-0.2, -0.15) is 0 Å². The number of carbonyl (C=O) groups is 3. The molecule has 3 saturated heterocycles. The average Bonchev–Trinajstić information content (AvgIpc) is 3.43. The number of aryl methyl sites for hydroxylation is 2. The van der Waals surface area contributed by atoms with Crippen LogP contribution in [0.25, 0.3) is 0 Å². The monoisotopic (exact) mass is 514 g/mol. The fraction of sp³-hybridized carbons (Fsp3) is 0.607. The van der Waals surface area contributed by atoms with E-state index in [0.717, 1.165) is 23.2 Å². The van der Waals surface area contributed by atoms with Gasteiger partial charge in [0.15, 0.2) is 0 Å². The summed E-state index contributed by atoms with van der Waals surface area (Å²) in [5.74, 6) is -1.93. The van der Waals surface area contributed by atoms with Crippen LogP contribution in [0.5, 0.6) is 0 Å². The van der Waals surface area contributed by atoms with E-state index in [1.807, 2.05) is 39.0 Å². The molecule has 0 aromatic heterocycles. The highest BCUT2D eigenvalue weighted by Gasteiger charge is 2.77. The number of esters is 1. The van der Waals surface area contributed by atoms with Crippen LogP contribution in [0, 0.1) is 31.6 Å². The van der Waals surface area contributed by atoms with E-state index in [4.69, 9.17) is 4.74 Å². The highest BCUT2D eigenvalue weighted by atomic mass is 32.2. The van der Waals surface area contributed by atoms with Crippen LogP contribution >= 0.6 is 11.8 Å². The number of rotatable bonds is 9. The van der Waals surface area contributed by atoms with Gasteiger partial charge in [-0.3, -0.25) is 14.4 Å². The Morgan fingerprint density at radius 1 is 1.33 bits per heavy atom. The molecule has 3 heterocycles. The molecular formula is C28H38N2O5S. The second-order valence-electron chi connectivity index (χ2n) is 10.3. The van der Waals surface area contributed by atoms with Crippen molar-refractivity contribution in [1.29, 1.82) is 0 Å². The molecule has 2 bridgehead atoms. The standard InChI is InChI=1S/C28H38N2O5S/c1-7-13-29(23-16(4)11-10-12-17(23)5)26(33)24-28-18(6)14-20(36-28)21(27(34)35-9-3)22(28)25(32)30(24)19(8-2)15-31/h7,10-12,18-22,24,31H,1,8-9,13-15H2,2-6H3/t18?,19-,20+,21-,22-,24?,28?/m0/s1. The maximum Gasteiger partial charge on any atom is 0.310 e. The zero-order valence-electron chi connectivity index (χ0n) is 21.9. The van der Waals surface area contributed by atoms with Crippen molar-refractivity contribution in [3.8, 4) is 0 Å². The number of para-hydroxylation sites is 1. The summed E-state index contributed by atoms with van der Waals surface area (Å²) in [5, 5.41) is 10.2. The Morgan fingerprint density at radius 3 is 2.56 bits per heavy atom. The third-order valence-corrected chi connectivity index (χ3v) is 10.4. The van der Waals surface area contributed by atoms with Gasteiger partial charge in [0.2, 0.25) is 5.91 Å². The number of thioether (sulfide) groups is 1. The predicted molar refractivity (Wildman–Crippen MR) is 142 cm³/mol. The number of anilines is 1. The van der Waals surface area contributed by atoms with Crippen molar-refractivity contribution in [2.45, 2.75) is 69.5 Å². The smallest absolute Gasteiger partial charge is 0.310 e. The van der Waals surface area contributed by atoms with Gasteiger partial charge in [-0.1, -0.05) is 38.1 Å². The first kappa shape index (κ1) is 26.7. The average molecular weight is 515 g/mol. The van der Waals surface area contributed by atoms with Crippen LogP contribution in [0.4, 0.5) is 5.69 Å². The first-order valence-electron chi connectivity index (χ1n) is 12.9. The number of benzene rings is 1. The van der Waals surface area contributed by atoms with Gasteiger partial charge in [-0.15, -0.1) is 18.3 Å². The Labute approximate surface area is 218 Å². The fourth-order valence-electron chi connectivity index (χ4n) is 6.85. The highest BCUT2D eigenvalue weighted by Crippen LogP contribution is 2.69. The Kier molecular flexibility index (Phi) is 7.58. The van der Waals surface area contributed by atoms with Crippen LogP contribution in [0.2, 0.25) is 0 Å². The summed E-state index contributed by atoms with van der Waals surface area (Å²) in [6.07, 6.45) is 2.95. The summed E-state index contributed by atoms with van der Waals surface area (Å²) in [4.78, 5) is 45.3. The number of aliphatic hydroxyl groups is 1. The fourth-order valence-corrected chi connectivity index (χ4v) is 9.24. The van der Waals surface area contributed by atoms with E-state index in [1.165, 1.54) is 0 Å². The number of amides is 2. The number of ether oxygens (including phenoxy) is 1. The second-order valence-corrected chi connectivity index (χ2v) is 11.8. The quantitative estimate of drug-likeness (QED) is 0.401. The first-order valence-corrected chi connectivity index (χ1v) is 13.8. The minimum Gasteiger partial charge on any atom is -0.466 e. The van der Waals surface area contributed by atoms with Crippen LogP contribution in [-0.2, 0) is 19.1 Å². The van der Waals surface area contributed by atoms with Gasteiger partial charge in [0, 0.05) is 17.5 Å². The van der Waals surface area contributed by atoms with Gasteiger partial charge >= 0.3 is 5.97 Å². The van der Waals surface area contributed by atoms with Gasteiger partial charge in [0.25, 0.3) is 5.91 Å². The molecular weight excluding hydrogens is 476 g/mol. The van der Waals surface area contributed by atoms with E-state index in [9.17, 15) is 19.5 Å². The van der Waals surface area contributed by atoms with Crippen molar-refractivity contribution in [1.82, 2.24) is 4.90 Å². The number of hydrogen-bond acceptors (Lipinski definition) is 6. The van der Waals surface area contributed by atoms with Crippen molar-refractivity contribution in [3.63, 3.8) is 0 Å². The molecule has 7 atom stereocenters. The summed E-state index contributed by atoms with van der Waals surface area (Å²) in [6.45, 7) is 13.9. The van der Waals surface area contributed by atoms with Crippen LogP contribution < -0.4 is 4.90 Å². The molecule has 3 unspecified atom stereocenters. The van der Waals surface area contributed by atoms with Gasteiger partial charge in [-0.25, -0.2) is 0 Å². The SMILES string of the molecule is C=CCN(C(=O)C1N([C@@H](CC)CO)C(=O)[C@@H]2[C@@H](C(=O)OCC)[C@H]3CC(C)C12S3)c1c(C)cccc1C. The molecule has 1 aromatic rings. The van der Waals surface area contributed by atoms with Crippen molar-refractivity contribution in [2.24, 2.45) is 17.8 Å². The maximum atomic E-state index is 14.7. The molecule has 7 nitrogen and oxygen atoms in total. The second kappa shape index (κ2) is 10.2. The van der Waals surface area contributed by atoms with E-state index in [-0.39, 0.29) is 42.2 Å². The third kappa shape index (κ3) is 3.79. The third-order valence-electron chi connectivity index (χ3n) is 8.34. The van der Waals surface area contributed by atoms with E-state index in [2.05, 4.69) is 13.5 Å². The van der Waals surface area contributed by atoms with Crippen LogP contribution in [-0.4, -0.2) is 69.6 Å². The molecule has 0 saturated carbocycles. The number of fused-ring (bicyclic) bond motifs is 1. The number of likely N-dealkylation sites (tertiary alicyclic amines) is 1. The van der Waals surface area contributed by atoms with Gasteiger partial charge in [0.1, 0.15) is 6.04 Å². The lowest BCUT2D eigenvalue weighted by Crippen LogP contribution is -2.59. The predicted octanol–water partition coefficient (Wildman–Crippen LogP) is 3.49. The van der Waals surface area contributed by atoms with Crippen LogP contribution in [0.1, 0.15) is 44.7 Å². The first-order chi connectivity index (χ1) is 17.2. The lowest BCUT2D eigenvalue weighted by atomic mass is 9.66. The topological polar surface area (TPSA) is 87.2 Å². The molecule has 1 N–H and O–H groups in total. The lowest BCUT2D eigenvalue weighted by Gasteiger charge is -2.42. The normalized spacial score (nSPS) is 31.3. The molecule has 36 heavy (non-hydrogen) atoms. The lowest BCUT2D eigenvalue weighted by molar-refractivity contribution is -0.154. The molecule has 4 rings (SSSR count). The molecule has 1 aromatic carbocycles. The Balaban J connectivity index is 1.88. The van der Waals surface area contributed by atoms with Crippen molar-refractivity contribution in [3.05, 3.63) is 42.0 Å². The molecule has 8 heteroatoms. The molecule has 2 amide bonds. The van der Waals surface area contributed by atoms with Gasteiger partial charge in [0.05, 0.1) is 35.8 Å². The summed E-state index contributed by atoms with van der Waals surface area (Å²) in [5.41, 5.74) is 2.74. The van der Waals surface area contributed by atoms with Gasteiger partial charge in [-0.05, 0) is 50.7 Å². The van der Waals surface area contributed by atoms with E-state index >= 15 is 0 Å². The van der Waals surface area contributed by atoms with Crippen molar-refractivity contribution < 1.29 is 24.2 Å². The number of carbonyl (C=O) groups excluding carboxylic acids is 3. The molecule has 0 aliphatic carbocycles. The number of nitrogens with zero attached hydrogens (tertiary/aromatic N) is 2.